The molecule has 34 heavy (non-hydrogen) atoms. The summed E-state index contributed by atoms with van der Waals surface area (Å²) in [5.41, 5.74) is 5.45. The largest absolute Gasteiger partial charge is 0.336 e. The predicted molar refractivity (Wildman–Crippen MR) is 133 cm³/mol. The molecule has 0 saturated carbocycles. The second kappa shape index (κ2) is 9.00. The topological polar surface area (TPSA) is 75.5 Å². The van der Waals surface area contributed by atoms with E-state index in [2.05, 4.69) is 30.9 Å². The van der Waals surface area contributed by atoms with Crippen molar-refractivity contribution in [2.75, 3.05) is 37.7 Å². The Bertz CT molecular complexity index is 1310. The van der Waals surface area contributed by atoms with Crippen molar-refractivity contribution in [3.05, 3.63) is 71.4 Å². The zero-order valence-corrected chi connectivity index (χ0v) is 20.5. The summed E-state index contributed by atoms with van der Waals surface area (Å²) in [6, 6.07) is 16.1. The fraction of sp³-hybridized carbons (Fsp3) is 0.385. The smallest absolute Gasteiger partial charge is 0.257 e. The van der Waals surface area contributed by atoms with Gasteiger partial charge in [-0.3, -0.25) is 9.69 Å². The molecule has 8 heteroatoms. The van der Waals surface area contributed by atoms with E-state index in [0.29, 0.717) is 43.9 Å². The third-order valence-corrected chi connectivity index (χ3v) is 8.82. The van der Waals surface area contributed by atoms with Crippen LogP contribution in [0.5, 0.6) is 0 Å². The number of sulfone groups is 1. The van der Waals surface area contributed by atoms with Crippen LogP contribution in [0, 0.1) is 13.8 Å². The molecule has 2 saturated heterocycles. The maximum absolute atomic E-state index is 13.7. The number of hydrogen-bond acceptors (Lipinski definition) is 5. The Morgan fingerprint density at radius 3 is 2.35 bits per heavy atom. The van der Waals surface area contributed by atoms with Crippen LogP contribution in [0.4, 0.5) is 0 Å². The summed E-state index contributed by atoms with van der Waals surface area (Å²) in [6.45, 7) is 6.69. The number of nitrogens with zero attached hydrogens (tertiary/aromatic N) is 4. The summed E-state index contributed by atoms with van der Waals surface area (Å²) in [7, 11) is -2.92. The van der Waals surface area contributed by atoms with Gasteiger partial charge in [-0.25, -0.2) is 13.1 Å². The van der Waals surface area contributed by atoms with Crippen LogP contribution in [0.1, 0.15) is 27.9 Å². The minimum atomic E-state index is -2.92. The molecule has 0 radical (unpaired) electrons. The van der Waals surface area contributed by atoms with Crippen LogP contribution in [0.25, 0.3) is 16.9 Å². The average Bonchev–Trinajstić information content (AvgIpc) is 3.45. The van der Waals surface area contributed by atoms with Gasteiger partial charge in [0.05, 0.1) is 22.8 Å². The number of hydrogen-bond donors (Lipinski definition) is 0. The fourth-order valence-electron chi connectivity index (χ4n) is 4.87. The molecule has 7 nitrogen and oxygen atoms in total. The van der Waals surface area contributed by atoms with Crippen LogP contribution in [0.15, 0.2) is 54.7 Å². The van der Waals surface area contributed by atoms with Crippen LogP contribution in [0.2, 0.25) is 0 Å². The normalized spacial score (nSPS) is 20.5. The lowest BCUT2D eigenvalue weighted by Crippen LogP contribution is -2.52. The average molecular weight is 479 g/mol. The van der Waals surface area contributed by atoms with E-state index in [-0.39, 0.29) is 23.5 Å². The molecule has 0 aliphatic carbocycles. The van der Waals surface area contributed by atoms with Crippen LogP contribution in [-0.2, 0) is 9.84 Å². The van der Waals surface area contributed by atoms with E-state index >= 15 is 0 Å². The van der Waals surface area contributed by atoms with Crippen molar-refractivity contribution in [2.45, 2.75) is 26.3 Å². The number of aryl methyl sites for hydroxylation is 2. The van der Waals surface area contributed by atoms with E-state index in [1.807, 2.05) is 47.5 Å². The Balaban J connectivity index is 1.41. The zero-order valence-electron chi connectivity index (χ0n) is 19.6. The van der Waals surface area contributed by atoms with Gasteiger partial charge in [0.2, 0.25) is 0 Å². The summed E-state index contributed by atoms with van der Waals surface area (Å²) >= 11 is 0. The lowest BCUT2D eigenvalue weighted by molar-refractivity contribution is 0.0588. The molecule has 1 unspecified atom stereocenters. The molecule has 3 heterocycles. The number of para-hydroxylation sites is 1. The first kappa shape index (κ1) is 22.8. The number of carbonyl (C=O) groups is 1. The quantitative estimate of drug-likeness (QED) is 0.576. The minimum absolute atomic E-state index is 0.0332. The molecule has 3 aromatic rings. The SMILES string of the molecule is Cc1ccc(-c2nn(-c3ccccc3)cc2C(=O)N2CCN(C3CCS(=O)(=O)C3)CC2)cc1C. The summed E-state index contributed by atoms with van der Waals surface area (Å²) in [5, 5.41) is 4.82. The van der Waals surface area contributed by atoms with E-state index in [4.69, 9.17) is 5.10 Å². The number of piperazine rings is 1. The van der Waals surface area contributed by atoms with Crippen LogP contribution in [0.3, 0.4) is 0 Å². The van der Waals surface area contributed by atoms with Gasteiger partial charge in [-0.05, 0) is 49.6 Å². The third kappa shape index (κ3) is 4.52. The number of benzene rings is 2. The fourth-order valence-corrected chi connectivity index (χ4v) is 6.63. The van der Waals surface area contributed by atoms with E-state index in [0.717, 1.165) is 16.8 Å². The van der Waals surface area contributed by atoms with Crippen molar-refractivity contribution in [1.82, 2.24) is 19.6 Å². The van der Waals surface area contributed by atoms with E-state index in [1.54, 1.807) is 4.68 Å². The summed E-state index contributed by atoms with van der Waals surface area (Å²) in [4.78, 5) is 17.8. The van der Waals surface area contributed by atoms with Crippen LogP contribution >= 0.6 is 0 Å². The molecule has 0 bridgehead atoms. The first-order valence-electron chi connectivity index (χ1n) is 11.8. The Morgan fingerprint density at radius 2 is 1.71 bits per heavy atom. The lowest BCUT2D eigenvalue weighted by atomic mass is 10.0. The Morgan fingerprint density at radius 1 is 0.971 bits per heavy atom. The van der Waals surface area contributed by atoms with Gasteiger partial charge in [-0.2, -0.15) is 5.10 Å². The molecule has 0 N–H and O–H groups in total. The number of rotatable bonds is 4. The molecule has 0 spiro atoms. The highest BCUT2D eigenvalue weighted by Gasteiger charge is 2.35. The maximum atomic E-state index is 13.7. The first-order chi connectivity index (χ1) is 16.3. The van der Waals surface area contributed by atoms with Crippen LogP contribution in [-0.4, -0.2) is 77.6 Å². The van der Waals surface area contributed by atoms with Crippen molar-refractivity contribution in [2.24, 2.45) is 0 Å². The Kier molecular flexibility index (Phi) is 6.04. The molecule has 1 aromatic heterocycles. The predicted octanol–water partition coefficient (Wildman–Crippen LogP) is 3.10. The Labute approximate surface area is 200 Å². The molecule has 2 aliphatic rings. The molecular weight excluding hydrogens is 448 g/mol. The van der Waals surface area contributed by atoms with Crippen molar-refractivity contribution >= 4 is 15.7 Å². The zero-order chi connectivity index (χ0) is 23.9. The number of amides is 1. The molecule has 1 amide bonds. The van der Waals surface area contributed by atoms with Gasteiger partial charge in [0, 0.05) is 44.0 Å². The van der Waals surface area contributed by atoms with Gasteiger partial charge in [0.1, 0.15) is 5.69 Å². The van der Waals surface area contributed by atoms with Gasteiger partial charge < -0.3 is 4.90 Å². The van der Waals surface area contributed by atoms with E-state index in [9.17, 15) is 13.2 Å². The highest BCUT2D eigenvalue weighted by atomic mass is 32.2. The van der Waals surface area contributed by atoms with Crippen molar-refractivity contribution in [3.8, 4) is 16.9 Å². The highest BCUT2D eigenvalue weighted by molar-refractivity contribution is 7.91. The van der Waals surface area contributed by atoms with E-state index in [1.165, 1.54) is 5.56 Å². The molecule has 2 fully saturated rings. The van der Waals surface area contributed by atoms with Crippen LogP contribution < -0.4 is 0 Å². The van der Waals surface area contributed by atoms with Crippen molar-refractivity contribution in [3.63, 3.8) is 0 Å². The third-order valence-electron chi connectivity index (χ3n) is 7.07. The van der Waals surface area contributed by atoms with Crippen molar-refractivity contribution in [1.29, 1.82) is 0 Å². The first-order valence-corrected chi connectivity index (χ1v) is 13.6. The van der Waals surface area contributed by atoms with Gasteiger partial charge in [0.25, 0.3) is 5.91 Å². The lowest BCUT2D eigenvalue weighted by Gasteiger charge is -2.37. The molecule has 178 valence electrons. The summed E-state index contributed by atoms with van der Waals surface area (Å²) in [6.07, 6.45) is 2.52. The minimum Gasteiger partial charge on any atom is -0.336 e. The molecule has 1 atom stereocenters. The highest BCUT2D eigenvalue weighted by Crippen LogP contribution is 2.28. The van der Waals surface area contributed by atoms with E-state index < -0.39 is 9.84 Å². The molecule has 2 aliphatic heterocycles. The maximum Gasteiger partial charge on any atom is 0.257 e. The molecule has 2 aromatic carbocycles. The van der Waals surface area contributed by atoms with Crippen molar-refractivity contribution < 1.29 is 13.2 Å². The Hall–Kier alpha value is -2.97. The number of aromatic nitrogens is 2. The standard InChI is InChI=1S/C26H30N4O3S/c1-19-8-9-21(16-20(19)2)25-24(17-30(27-25)22-6-4-3-5-7-22)26(31)29-13-11-28(12-14-29)23-10-15-34(32,33)18-23/h3-9,16-17,23H,10-15,18H2,1-2H3. The second-order valence-corrected chi connectivity index (χ2v) is 11.6. The monoisotopic (exact) mass is 478 g/mol. The van der Waals surface area contributed by atoms with Gasteiger partial charge in [-0.1, -0.05) is 30.3 Å². The van der Waals surface area contributed by atoms with Gasteiger partial charge in [0.15, 0.2) is 9.84 Å². The van der Waals surface area contributed by atoms with Gasteiger partial charge in [-0.15, -0.1) is 0 Å². The molecule has 5 rings (SSSR count). The summed E-state index contributed by atoms with van der Waals surface area (Å²) in [5.74, 6) is 0.477. The number of carbonyl (C=O) groups excluding carboxylic acids is 1. The van der Waals surface area contributed by atoms with Gasteiger partial charge >= 0.3 is 0 Å². The summed E-state index contributed by atoms with van der Waals surface area (Å²) < 4.78 is 25.5. The molecular formula is C26H30N4O3S. The second-order valence-electron chi connectivity index (χ2n) is 9.36.